The van der Waals surface area contributed by atoms with Gasteiger partial charge in [0.2, 0.25) is 0 Å². The molecule has 0 amide bonds. The minimum atomic E-state index is 0. The zero-order valence-electron chi connectivity index (χ0n) is 14.7. The summed E-state index contributed by atoms with van der Waals surface area (Å²) < 4.78 is 0. The Morgan fingerprint density at radius 2 is 1.09 bits per heavy atom. The summed E-state index contributed by atoms with van der Waals surface area (Å²) in [6, 6.07) is 0.649. The average molecular weight is 300 g/mol. The molecular weight excluding hydrogens is 261 g/mol. The first-order chi connectivity index (χ1) is 10.4. The van der Waals surface area contributed by atoms with E-state index in [0.29, 0.717) is 6.04 Å². The van der Waals surface area contributed by atoms with E-state index in [9.17, 15) is 0 Å². The van der Waals surface area contributed by atoms with Gasteiger partial charge in [-0.25, -0.2) is 0 Å². The van der Waals surface area contributed by atoms with Crippen LogP contribution in [0.1, 0.15) is 90.9 Å². The number of nitrogens with zero attached hydrogens (tertiary/aromatic N) is 1. The molecule has 0 saturated heterocycles. The summed E-state index contributed by atoms with van der Waals surface area (Å²) in [6.07, 6.45) is 23.8. The third-order valence-corrected chi connectivity index (χ3v) is 4.64. The summed E-state index contributed by atoms with van der Waals surface area (Å²) >= 11 is 0. The second-order valence-electron chi connectivity index (χ2n) is 6.64. The van der Waals surface area contributed by atoms with Crippen LogP contribution in [0.3, 0.4) is 0 Å². The second kappa shape index (κ2) is 16.2. The Labute approximate surface area is 152 Å². The summed E-state index contributed by atoms with van der Waals surface area (Å²) in [7, 11) is 0. The molecule has 0 N–H and O–H groups in total. The standard InChI is InChI=1S/C20H38N.Li.H/c1-3-5-7-9-11-13-18-21(20-16-15-17-20)19-14-12-10-8-6-4-2;;/h15-17,20H,3-14,18-19H2,1-2H3;;. The Morgan fingerprint density at radius 1 is 0.682 bits per heavy atom. The van der Waals surface area contributed by atoms with E-state index in [1.807, 2.05) is 0 Å². The van der Waals surface area contributed by atoms with Crippen LogP contribution in [0, 0.1) is 6.42 Å². The predicted octanol–water partition coefficient (Wildman–Crippen LogP) is 5.50. The molecule has 1 radical (unpaired) electrons. The quantitative estimate of drug-likeness (QED) is 0.285. The third-order valence-electron chi connectivity index (χ3n) is 4.64. The van der Waals surface area contributed by atoms with Gasteiger partial charge in [0, 0.05) is 12.5 Å². The maximum absolute atomic E-state index is 2.69. The van der Waals surface area contributed by atoms with E-state index in [0.717, 1.165) is 0 Å². The van der Waals surface area contributed by atoms with Gasteiger partial charge in [0.05, 0.1) is 0 Å². The van der Waals surface area contributed by atoms with E-state index < -0.39 is 0 Å². The van der Waals surface area contributed by atoms with Crippen LogP contribution in [-0.2, 0) is 0 Å². The Balaban J connectivity index is 0.00000441. The first-order valence-electron chi connectivity index (χ1n) is 9.64. The third kappa shape index (κ3) is 10.9. The monoisotopic (exact) mass is 300 g/mol. The molecule has 1 nitrogen and oxygen atoms in total. The van der Waals surface area contributed by atoms with Gasteiger partial charge in [0.15, 0.2) is 0 Å². The molecule has 0 aromatic heterocycles. The van der Waals surface area contributed by atoms with E-state index in [4.69, 9.17) is 0 Å². The van der Waals surface area contributed by atoms with Crippen molar-refractivity contribution in [1.29, 1.82) is 0 Å². The molecule has 1 aliphatic rings. The molecule has 1 unspecified atom stereocenters. The molecule has 1 rings (SSSR count). The van der Waals surface area contributed by atoms with E-state index in [-0.39, 0.29) is 18.9 Å². The molecule has 0 bridgehead atoms. The molecule has 0 aliphatic heterocycles. The second-order valence-corrected chi connectivity index (χ2v) is 6.64. The minimum absolute atomic E-state index is 0. The molecule has 0 heterocycles. The summed E-state index contributed by atoms with van der Waals surface area (Å²) in [4.78, 5) is 2.69. The molecular formula is C20H39LiN. The molecule has 125 valence electrons. The van der Waals surface area contributed by atoms with Crippen molar-refractivity contribution in [3.63, 3.8) is 0 Å². The van der Waals surface area contributed by atoms with Crippen LogP contribution in [0.2, 0.25) is 0 Å². The topological polar surface area (TPSA) is 3.24 Å². The fourth-order valence-electron chi connectivity index (χ4n) is 3.05. The molecule has 22 heavy (non-hydrogen) atoms. The molecule has 2 heteroatoms. The zero-order chi connectivity index (χ0) is 15.2. The van der Waals surface area contributed by atoms with Crippen LogP contribution >= 0.6 is 0 Å². The van der Waals surface area contributed by atoms with Gasteiger partial charge in [-0.3, -0.25) is 4.90 Å². The Bertz CT molecular complexity index is 236. The van der Waals surface area contributed by atoms with Crippen molar-refractivity contribution >= 4 is 18.9 Å². The van der Waals surface area contributed by atoms with Crippen LogP contribution in [0.15, 0.2) is 12.2 Å². The molecule has 1 aliphatic carbocycles. The number of unbranched alkanes of at least 4 members (excludes halogenated alkanes) is 10. The van der Waals surface area contributed by atoms with Crippen LogP contribution in [-0.4, -0.2) is 42.9 Å². The Kier molecular flexibility index (Phi) is 16.4. The van der Waals surface area contributed by atoms with Gasteiger partial charge in [-0.2, -0.15) is 0 Å². The van der Waals surface area contributed by atoms with Crippen molar-refractivity contribution in [3.05, 3.63) is 18.6 Å². The zero-order valence-corrected chi connectivity index (χ0v) is 14.7. The molecule has 0 saturated carbocycles. The summed E-state index contributed by atoms with van der Waals surface area (Å²) in [5, 5.41) is 0. The van der Waals surface area contributed by atoms with Crippen LogP contribution in [0.4, 0.5) is 0 Å². The Morgan fingerprint density at radius 3 is 1.45 bits per heavy atom. The van der Waals surface area contributed by atoms with Crippen LogP contribution in [0.25, 0.3) is 0 Å². The molecule has 0 spiro atoms. The Hall–Kier alpha value is 0.297. The van der Waals surface area contributed by atoms with Crippen LogP contribution in [0.5, 0.6) is 0 Å². The van der Waals surface area contributed by atoms with E-state index in [1.54, 1.807) is 0 Å². The predicted molar refractivity (Wildman–Crippen MR) is 103 cm³/mol. The molecule has 0 fully saturated rings. The van der Waals surface area contributed by atoms with Crippen molar-refractivity contribution in [1.82, 2.24) is 4.90 Å². The molecule has 0 aromatic carbocycles. The van der Waals surface area contributed by atoms with Gasteiger partial charge in [0.25, 0.3) is 0 Å². The van der Waals surface area contributed by atoms with Gasteiger partial charge in [-0.1, -0.05) is 90.2 Å². The fourth-order valence-corrected chi connectivity index (χ4v) is 3.05. The fraction of sp³-hybridized carbons (Fsp3) is 0.850. The molecule has 1 atom stereocenters. The number of hydrogen-bond donors (Lipinski definition) is 0. The van der Waals surface area contributed by atoms with Crippen molar-refractivity contribution < 1.29 is 0 Å². The van der Waals surface area contributed by atoms with E-state index in [2.05, 4.69) is 37.3 Å². The molecule has 0 aromatic rings. The van der Waals surface area contributed by atoms with Crippen molar-refractivity contribution in [2.75, 3.05) is 13.1 Å². The number of hydrogen-bond acceptors (Lipinski definition) is 1. The van der Waals surface area contributed by atoms with Gasteiger partial charge < -0.3 is 0 Å². The normalized spacial score (nSPS) is 16.6. The van der Waals surface area contributed by atoms with Gasteiger partial charge >= 0.3 is 18.9 Å². The SMILES string of the molecule is CCCCCCCCN(CCCCCCCC)C1[CH]C=C1.[LiH]. The van der Waals surface area contributed by atoms with E-state index >= 15 is 0 Å². The van der Waals surface area contributed by atoms with E-state index in [1.165, 1.54) is 90.1 Å². The van der Waals surface area contributed by atoms with Gasteiger partial charge in [0.1, 0.15) is 0 Å². The van der Waals surface area contributed by atoms with Crippen molar-refractivity contribution in [2.24, 2.45) is 0 Å². The number of rotatable bonds is 15. The van der Waals surface area contributed by atoms with Gasteiger partial charge in [-0.05, 0) is 25.9 Å². The first-order valence-corrected chi connectivity index (χ1v) is 9.64. The van der Waals surface area contributed by atoms with Crippen molar-refractivity contribution in [3.8, 4) is 0 Å². The van der Waals surface area contributed by atoms with Crippen LogP contribution < -0.4 is 0 Å². The summed E-state index contributed by atoms with van der Waals surface area (Å²) in [5.74, 6) is 0. The van der Waals surface area contributed by atoms with Crippen molar-refractivity contribution in [2.45, 2.75) is 96.9 Å². The first kappa shape index (κ1) is 22.3. The average Bonchev–Trinajstić information content (AvgIpc) is 2.44. The summed E-state index contributed by atoms with van der Waals surface area (Å²) in [6.45, 7) is 7.18. The van der Waals surface area contributed by atoms with Gasteiger partial charge in [-0.15, -0.1) is 0 Å². The summed E-state index contributed by atoms with van der Waals surface area (Å²) in [5.41, 5.74) is 0. The maximum atomic E-state index is 2.69.